The van der Waals surface area contributed by atoms with Crippen LogP contribution in [0.15, 0.2) is 97.3 Å². The normalized spacial score (nSPS) is 11.7. The van der Waals surface area contributed by atoms with Gasteiger partial charge < -0.3 is 4.74 Å². The lowest BCUT2D eigenvalue weighted by Gasteiger charge is -2.21. The third-order valence-electron chi connectivity index (χ3n) is 7.95. The third-order valence-corrected chi connectivity index (χ3v) is 9.10. The zero-order valence-electron chi connectivity index (χ0n) is 25.4. The molecule has 0 aliphatic rings. The fourth-order valence-electron chi connectivity index (χ4n) is 5.80. The summed E-state index contributed by atoms with van der Waals surface area (Å²) in [5, 5.41) is 11.3. The molecule has 44 heavy (non-hydrogen) atoms. The van der Waals surface area contributed by atoms with Crippen LogP contribution < -0.4 is 4.74 Å². The van der Waals surface area contributed by atoms with Gasteiger partial charge in [0.2, 0.25) is 5.88 Å². The van der Waals surface area contributed by atoms with Crippen molar-refractivity contribution in [3.05, 3.63) is 114 Å². The van der Waals surface area contributed by atoms with E-state index in [1.165, 1.54) is 26.6 Å². The highest BCUT2D eigenvalue weighted by Gasteiger charge is 2.20. The van der Waals surface area contributed by atoms with Crippen LogP contribution in [0, 0.1) is 6.92 Å². The van der Waals surface area contributed by atoms with Crippen molar-refractivity contribution in [2.75, 3.05) is 0 Å². The molecule has 0 saturated heterocycles. The molecule has 0 N–H and O–H groups in total. The van der Waals surface area contributed by atoms with E-state index in [0.29, 0.717) is 23.5 Å². The minimum atomic E-state index is 0.353. The number of para-hydroxylation sites is 1. The van der Waals surface area contributed by atoms with E-state index in [4.69, 9.17) is 14.7 Å². The van der Waals surface area contributed by atoms with Crippen LogP contribution in [0.2, 0.25) is 0 Å². The molecular formula is C37H33N5OS. The summed E-state index contributed by atoms with van der Waals surface area (Å²) in [5.74, 6) is 2.69. The number of fused-ring (bicyclic) bond motifs is 3. The average Bonchev–Trinajstić information content (AvgIpc) is 3.65. The van der Waals surface area contributed by atoms with Gasteiger partial charge in [0.1, 0.15) is 16.9 Å². The minimum absolute atomic E-state index is 0.353. The number of rotatable bonds is 7. The van der Waals surface area contributed by atoms with Crippen molar-refractivity contribution in [3.63, 3.8) is 0 Å². The second kappa shape index (κ2) is 11.3. The van der Waals surface area contributed by atoms with Crippen LogP contribution in [-0.4, -0.2) is 24.7 Å². The Kier molecular flexibility index (Phi) is 7.18. The molecule has 6 nitrogen and oxygen atoms in total. The van der Waals surface area contributed by atoms with E-state index in [1.807, 2.05) is 55.7 Å². The van der Waals surface area contributed by atoms with Crippen LogP contribution >= 0.6 is 11.3 Å². The van der Waals surface area contributed by atoms with Gasteiger partial charge in [0.25, 0.3) is 0 Å². The first-order chi connectivity index (χ1) is 21.4. The molecule has 0 aliphatic carbocycles. The molecule has 7 aromatic rings. The second-order valence-corrected chi connectivity index (χ2v) is 12.7. The molecule has 7 heteroatoms. The molecule has 0 bridgehead atoms. The lowest BCUT2D eigenvalue weighted by molar-refractivity contribution is 0.464. The summed E-state index contributed by atoms with van der Waals surface area (Å²) in [6.07, 6.45) is 1.81. The lowest BCUT2D eigenvalue weighted by atomic mass is 9.92. The Morgan fingerprint density at radius 2 is 1.50 bits per heavy atom. The maximum atomic E-state index is 6.36. The van der Waals surface area contributed by atoms with Crippen LogP contribution in [0.5, 0.6) is 11.6 Å². The van der Waals surface area contributed by atoms with Crippen LogP contribution in [-0.2, 0) is 0 Å². The van der Waals surface area contributed by atoms with E-state index in [-0.39, 0.29) is 0 Å². The van der Waals surface area contributed by atoms with Crippen LogP contribution in [0.1, 0.15) is 56.4 Å². The van der Waals surface area contributed by atoms with Crippen LogP contribution in [0.25, 0.3) is 48.6 Å². The SMILES string of the molecule is Cc1ccc2c(n1)sc1c(-c3cccc(Oc4cccc(-c5nncn5-c5c(C(C)C)cccc5C(C)C)c4)n3)cccc12. The van der Waals surface area contributed by atoms with Crippen molar-refractivity contribution in [1.29, 1.82) is 0 Å². The first-order valence-electron chi connectivity index (χ1n) is 14.9. The number of pyridine rings is 2. The molecule has 0 saturated carbocycles. The summed E-state index contributed by atoms with van der Waals surface area (Å²) in [6.45, 7) is 10.9. The Balaban J connectivity index is 1.24. The maximum absolute atomic E-state index is 6.36. The molecule has 7 rings (SSSR count). The number of aromatic nitrogens is 5. The van der Waals surface area contributed by atoms with Gasteiger partial charge in [-0.15, -0.1) is 21.5 Å². The van der Waals surface area contributed by atoms with E-state index in [2.05, 4.69) is 91.0 Å². The number of nitrogens with zero attached hydrogens (tertiary/aromatic N) is 5. The van der Waals surface area contributed by atoms with Crippen molar-refractivity contribution in [3.8, 4) is 40.0 Å². The Morgan fingerprint density at radius 1 is 0.750 bits per heavy atom. The molecular weight excluding hydrogens is 563 g/mol. The molecule has 0 atom stereocenters. The Labute approximate surface area is 261 Å². The zero-order chi connectivity index (χ0) is 30.4. The molecule has 0 amide bonds. The van der Waals surface area contributed by atoms with Gasteiger partial charge in [-0.3, -0.25) is 4.57 Å². The predicted octanol–water partition coefficient (Wildman–Crippen LogP) is 10.1. The zero-order valence-corrected chi connectivity index (χ0v) is 26.3. The predicted molar refractivity (Wildman–Crippen MR) is 180 cm³/mol. The summed E-state index contributed by atoms with van der Waals surface area (Å²) < 4.78 is 9.65. The molecule has 0 radical (unpaired) electrons. The van der Waals surface area contributed by atoms with Gasteiger partial charge in [0.15, 0.2) is 5.82 Å². The second-order valence-electron chi connectivity index (χ2n) is 11.7. The molecule has 4 heterocycles. The van der Waals surface area contributed by atoms with Gasteiger partial charge in [-0.2, -0.15) is 0 Å². The van der Waals surface area contributed by atoms with Gasteiger partial charge in [0, 0.05) is 38.4 Å². The van der Waals surface area contributed by atoms with Crippen molar-refractivity contribution in [1.82, 2.24) is 24.7 Å². The number of hydrogen-bond donors (Lipinski definition) is 0. The molecule has 0 unspecified atom stereocenters. The first kappa shape index (κ1) is 27.9. The van der Waals surface area contributed by atoms with Gasteiger partial charge in [-0.05, 0) is 60.2 Å². The Morgan fingerprint density at radius 3 is 2.30 bits per heavy atom. The summed E-state index contributed by atoms with van der Waals surface area (Å²) in [5.41, 5.74) is 7.56. The highest BCUT2D eigenvalue weighted by atomic mass is 32.1. The smallest absolute Gasteiger partial charge is 0.219 e. The van der Waals surface area contributed by atoms with Gasteiger partial charge in [-0.25, -0.2) is 9.97 Å². The van der Waals surface area contributed by atoms with Crippen molar-refractivity contribution in [2.24, 2.45) is 0 Å². The molecule has 0 aliphatic heterocycles. The fourth-order valence-corrected chi connectivity index (χ4v) is 7.04. The molecule has 4 aromatic heterocycles. The molecule has 218 valence electrons. The third kappa shape index (κ3) is 5.03. The Hall–Kier alpha value is -4.88. The molecule has 0 fully saturated rings. The van der Waals surface area contributed by atoms with Gasteiger partial charge >= 0.3 is 0 Å². The number of ether oxygens (including phenoxy) is 1. The van der Waals surface area contributed by atoms with E-state index in [9.17, 15) is 0 Å². The number of thiophene rings is 1. The standard InChI is InChI=1S/C37H33N5OS/c1-22(2)27-12-7-13-28(23(3)4)34(27)42-21-38-41-36(42)25-10-6-11-26(20-25)43-33-17-9-16-32(40-33)31-15-8-14-29-30-19-18-24(5)39-37(30)44-35(29)31/h6-23H,1-5H3. The average molecular weight is 596 g/mol. The highest BCUT2D eigenvalue weighted by molar-refractivity contribution is 7.26. The number of aryl methyl sites for hydroxylation is 1. The summed E-state index contributed by atoms with van der Waals surface area (Å²) in [7, 11) is 0. The van der Waals surface area contributed by atoms with Crippen LogP contribution in [0.4, 0.5) is 0 Å². The summed E-state index contributed by atoms with van der Waals surface area (Å²) in [4.78, 5) is 10.7. The monoisotopic (exact) mass is 595 g/mol. The van der Waals surface area contributed by atoms with Crippen molar-refractivity contribution >= 4 is 31.6 Å². The van der Waals surface area contributed by atoms with Gasteiger partial charge in [-0.1, -0.05) is 82.3 Å². The van der Waals surface area contributed by atoms with E-state index >= 15 is 0 Å². The van der Waals surface area contributed by atoms with E-state index < -0.39 is 0 Å². The van der Waals surface area contributed by atoms with Gasteiger partial charge in [0.05, 0.1) is 11.4 Å². The lowest BCUT2D eigenvalue weighted by Crippen LogP contribution is -2.07. The summed E-state index contributed by atoms with van der Waals surface area (Å²) >= 11 is 1.71. The topological polar surface area (TPSA) is 65.7 Å². The van der Waals surface area contributed by atoms with Crippen molar-refractivity contribution in [2.45, 2.75) is 46.5 Å². The Bertz CT molecular complexity index is 2120. The fraction of sp³-hybridized carbons (Fsp3) is 0.189. The van der Waals surface area contributed by atoms with E-state index in [0.717, 1.165) is 38.9 Å². The minimum Gasteiger partial charge on any atom is -0.439 e. The van der Waals surface area contributed by atoms with Crippen molar-refractivity contribution < 1.29 is 4.74 Å². The first-order valence-corrected chi connectivity index (χ1v) is 15.8. The number of benzene rings is 3. The van der Waals surface area contributed by atoms with E-state index in [1.54, 1.807) is 11.3 Å². The molecule has 3 aromatic carbocycles. The quantitative estimate of drug-likeness (QED) is 0.183. The van der Waals surface area contributed by atoms with Crippen LogP contribution in [0.3, 0.4) is 0 Å². The number of hydrogen-bond acceptors (Lipinski definition) is 6. The molecule has 0 spiro atoms. The maximum Gasteiger partial charge on any atom is 0.219 e. The summed E-state index contributed by atoms with van der Waals surface area (Å²) in [6, 6.07) is 31.0. The highest BCUT2D eigenvalue weighted by Crippen LogP contribution is 2.39. The largest absolute Gasteiger partial charge is 0.439 e.